The van der Waals surface area contributed by atoms with Crippen molar-refractivity contribution in [1.82, 2.24) is 16.0 Å². The highest BCUT2D eigenvalue weighted by Crippen LogP contribution is 2.37. The van der Waals surface area contributed by atoms with Crippen molar-refractivity contribution in [3.05, 3.63) is 0 Å². The molecule has 3 N–H and O–H groups in total. The second-order valence-corrected chi connectivity index (χ2v) is 5.68. The molecule has 1 saturated carbocycles. The summed E-state index contributed by atoms with van der Waals surface area (Å²) in [6.45, 7) is 5.01. The number of carbonyl (C=O) groups excluding carboxylic acids is 2. The molecule has 2 fully saturated rings. The van der Waals surface area contributed by atoms with Crippen molar-refractivity contribution in [3.63, 3.8) is 0 Å². The number of piperazine rings is 1. The number of carbonyl (C=O) groups is 2. The summed E-state index contributed by atoms with van der Waals surface area (Å²) < 4.78 is 0. The topological polar surface area (TPSA) is 70.2 Å². The van der Waals surface area contributed by atoms with Crippen LogP contribution in [0.3, 0.4) is 0 Å². The molecule has 0 spiro atoms. The first-order valence-electron chi connectivity index (χ1n) is 6.29. The zero-order chi connectivity index (χ0) is 12.5. The number of rotatable bonds is 2. The normalized spacial score (nSPS) is 32.0. The zero-order valence-corrected chi connectivity index (χ0v) is 10.5. The average molecular weight is 239 g/mol. The lowest BCUT2D eigenvalue weighted by Crippen LogP contribution is -2.59. The van der Waals surface area contributed by atoms with Crippen molar-refractivity contribution < 1.29 is 9.59 Å². The van der Waals surface area contributed by atoms with Crippen LogP contribution in [0.5, 0.6) is 0 Å². The summed E-state index contributed by atoms with van der Waals surface area (Å²) in [5.74, 6) is -0.0415. The van der Waals surface area contributed by atoms with Gasteiger partial charge in [-0.1, -0.05) is 20.3 Å². The first kappa shape index (κ1) is 12.4. The molecule has 0 radical (unpaired) electrons. The predicted molar refractivity (Wildman–Crippen MR) is 64.4 cm³/mol. The van der Waals surface area contributed by atoms with Crippen molar-refractivity contribution in [2.45, 2.75) is 45.2 Å². The van der Waals surface area contributed by atoms with E-state index in [1.54, 1.807) is 0 Å². The molecular weight excluding hydrogens is 218 g/mol. The summed E-state index contributed by atoms with van der Waals surface area (Å²) >= 11 is 0. The fourth-order valence-corrected chi connectivity index (χ4v) is 2.62. The summed E-state index contributed by atoms with van der Waals surface area (Å²) in [5.41, 5.74) is 0.188. The van der Waals surface area contributed by atoms with Gasteiger partial charge in [-0.2, -0.15) is 0 Å². The highest BCUT2D eigenvalue weighted by molar-refractivity contribution is 5.86. The minimum absolute atomic E-state index is 0.00461. The molecule has 0 aromatic carbocycles. The van der Waals surface area contributed by atoms with Crippen LogP contribution in [0.2, 0.25) is 0 Å². The van der Waals surface area contributed by atoms with Gasteiger partial charge >= 0.3 is 0 Å². The van der Waals surface area contributed by atoms with Crippen molar-refractivity contribution in [2.24, 2.45) is 5.41 Å². The van der Waals surface area contributed by atoms with Crippen LogP contribution in [0.4, 0.5) is 0 Å². The minimum atomic E-state index is -0.288. The van der Waals surface area contributed by atoms with Crippen LogP contribution in [0.1, 0.15) is 33.1 Å². The molecule has 96 valence electrons. The van der Waals surface area contributed by atoms with Crippen molar-refractivity contribution >= 4 is 11.8 Å². The first-order chi connectivity index (χ1) is 7.99. The van der Waals surface area contributed by atoms with Gasteiger partial charge in [0.1, 0.15) is 6.04 Å². The van der Waals surface area contributed by atoms with Crippen LogP contribution in [0, 0.1) is 5.41 Å². The Morgan fingerprint density at radius 2 is 2.24 bits per heavy atom. The largest absolute Gasteiger partial charge is 0.353 e. The van der Waals surface area contributed by atoms with Crippen molar-refractivity contribution in [3.8, 4) is 0 Å². The molecule has 2 atom stereocenters. The molecule has 0 aromatic heterocycles. The number of amides is 2. The van der Waals surface area contributed by atoms with E-state index in [4.69, 9.17) is 0 Å². The number of hydrogen-bond donors (Lipinski definition) is 3. The molecular formula is C12H21N3O2. The first-order valence-corrected chi connectivity index (χ1v) is 6.29. The Morgan fingerprint density at radius 1 is 1.47 bits per heavy atom. The van der Waals surface area contributed by atoms with Crippen molar-refractivity contribution in [2.75, 3.05) is 13.1 Å². The lowest BCUT2D eigenvalue weighted by molar-refractivity contribution is -0.127. The van der Waals surface area contributed by atoms with E-state index in [0.717, 1.165) is 12.8 Å². The third kappa shape index (κ3) is 2.77. The molecule has 2 unspecified atom stereocenters. The second-order valence-electron chi connectivity index (χ2n) is 5.68. The zero-order valence-electron chi connectivity index (χ0n) is 10.5. The summed E-state index contributed by atoms with van der Waals surface area (Å²) in [7, 11) is 0. The molecule has 1 saturated heterocycles. The van der Waals surface area contributed by atoms with Crippen LogP contribution >= 0.6 is 0 Å². The molecule has 5 heteroatoms. The van der Waals surface area contributed by atoms with Crippen molar-refractivity contribution in [1.29, 1.82) is 0 Å². The third-order valence-electron chi connectivity index (χ3n) is 3.90. The molecule has 2 rings (SSSR count). The van der Waals surface area contributed by atoms with E-state index in [-0.39, 0.29) is 35.9 Å². The van der Waals surface area contributed by atoms with Gasteiger partial charge in [-0.25, -0.2) is 0 Å². The fraction of sp³-hybridized carbons (Fsp3) is 0.833. The van der Waals surface area contributed by atoms with Gasteiger partial charge in [0.15, 0.2) is 0 Å². The van der Waals surface area contributed by atoms with Crippen LogP contribution in [-0.4, -0.2) is 37.0 Å². The molecule has 0 bridgehead atoms. The molecule has 0 aromatic rings. The van der Waals surface area contributed by atoms with Gasteiger partial charge < -0.3 is 10.6 Å². The Balaban J connectivity index is 1.87. The maximum atomic E-state index is 12.0. The maximum Gasteiger partial charge on any atom is 0.239 e. The number of hydrogen-bond acceptors (Lipinski definition) is 3. The van der Waals surface area contributed by atoms with E-state index < -0.39 is 0 Å². The molecule has 2 amide bonds. The Kier molecular flexibility index (Phi) is 3.38. The predicted octanol–water partition coefficient (Wildman–Crippen LogP) is -0.231. The molecule has 1 aliphatic carbocycles. The average Bonchev–Trinajstić information content (AvgIpc) is 2.59. The summed E-state index contributed by atoms with van der Waals surface area (Å²) in [5, 5.41) is 8.74. The summed E-state index contributed by atoms with van der Waals surface area (Å²) in [6.07, 6.45) is 3.39. The van der Waals surface area contributed by atoms with Crippen LogP contribution in [-0.2, 0) is 9.59 Å². The Bertz CT molecular complexity index is 318. The van der Waals surface area contributed by atoms with E-state index in [9.17, 15) is 9.59 Å². The van der Waals surface area contributed by atoms with E-state index in [0.29, 0.717) is 6.54 Å². The lowest BCUT2D eigenvalue weighted by atomic mass is 9.87. The second kappa shape index (κ2) is 4.64. The van der Waals surface area contributed by atoms with E-state index in [1.807, 2.05) is 0 Å². The molecule has 5 nitrogen and oxygen atoms in total. The maximum absolute atomic E-state index is 12.0. The van der Waals surface area contributed by atoms with Gasteiger partial charge in [0.25, 0.3) is 0 Å². The fourth-order valence-electron chi connectivity index (χ4n) is 2.62. The monoisotopic (exact) mass is 239 g/mol. The lowest BCUT2D eigenvalue weighted by Gasteiger charge is -2.30. The van der Waals surface area contributed by atoms with E-state index in [1.165, 1.54) is 6.42 Å². The Labute approximate surface area is 102 Å². The Hall–Kier alpha value is -1.10. The third-order valence-corrected chi connectivity index (χ3v) is 3.90. The Morgan fingerprint density at radius 3 is 2.76 bits per heavy atom. The SMILES string of the molecule is CC1(C)CCCC1NC(=O)C1CNC(=O)CN1. The van der Waals surface area contributed by atoms with Gasteiger partial charge in [0, 0.05) is 12.6 Å². The van der Waals surface area contributed by atoms with E-state index in [2.05, 4.69) is 29.8 Å². The van der Waals surface area contributed by atoms with Gasteiger partial charge in [-0.05, 0) is 18.3 Å². The molecule has 1 aliphatic heterocycles. The summed E-state index contributed by atoms with van der Waals surface area (Å²) in [6, 6.07) is -0.0291. The van der Waals surface area contributed by atoms with Gasteiger partial charge in [0.2, 0.25) is 11.8 Å². The molecule has 17 heavy (non-hydrogen) atoms. The van der Waals surface area contributed by atoms with E-state index >= 15 is 0 Å². The highest BCUT2D eigenvalue weighted by atomic mass is 16.2. The standard InChI is InChI=1S/C12H21N3O2/c1-12(2)5-3-4-9(12)15-11(17)8-6-14-10(16)7-13-8/h8-9,13H,3-7H2,1-2H3,(H,14,16)(H,15,17). The van der Waals surface area contributed by atoms with Crippen LogP contribution in [0.25, 0.3) is 0 Å². The smallest absolute Gasteiger partial charge is 0.239 e. The van der Waals surface area contributed by atoms with Gasteiger partial charge in [-0.3, -0.25) is 14.9 Å². The molecule has 2 aliphatic rings. The highest BCUT2D eigenvalue weighted by Gasteiger charge is 2.36. The van der Waals surface area contributed by atoms with Crippen LogP contribution in [0.15, 0.2) is 0 Å². The van der Waals surface area contributed by atoms with Crippen LogP contribution < -0.4 is 16.0 Å². The molecule has 1 heterocycles. The van der Waals surface area contributed by atoms with Gasteiger partial charge in [-0.15, -0.1) is 0 Å². The summed E-state index contributed by atoms with van der Waals surface area (Å²) in [4.78, 5) is 23.0. The quantitative estimate of drug-likeness (QED) is 0.623. The number of nitrogens with one attached hydrogen (secondary N) is 3. The van der Waals surface area contributed by atoms with Gasteiger partial charge in [0.05, 0.1) is 6.54 Å². The minimum Gasteiger partial charge on any atom is -0.353 e.